The van der Waals surface area contributed by atoms with Gasteiger partial charge in [-0.05, 0) is 18.6 Å². The number of anilines is 1. The number of unbranched alkanes of at least 4 members (excludes halogenated alkanes) is 1. The van der Waals surface area contributed by atoms with Gasteiger partial charge in [-0.1, -0.05) is 61.3 Å². The number of para-hydroxylation sites is 1. The van der Waals surface area contributed by atoms with Gasteiger partial charge in [0.1, 0.15) is 5.69 Å². The second kappa shape index (κ2) is 13.5. The first-order valence-corrected chi connectivity index (χ1v) is 11.6. The third kappa shape index (κ3) is 6.77. The average molecular weight is 526 g/mol. The van der Waals surface area contributed by atoms with E-state index >= 15 is 0 Å². The van der Waals surface area contributed by atoms with Crippen LogP contribution in [-0.4, -0.2) is 33.9 Å². The van der Waals surface area contributed by atoms with Crippen molar-refractivity contribution >= 4 is 50.8 Å². The summed E-state index contributed by atoms with van der Waals surface area (Å²) in [6.07, 6.45) is 1.77. The van der Waals surface area contributed by atoms with E-state index in [4.69, 9.17) is 16.3 Å². The van der Waals surface area contributed by atoms with Crippen molar-refractivity contribution in [3.8, 4) is 11.3 Å². The molecular formula is C24H25ClKN3O4S. The molecule has 34 heavy (non-hydrogen) atoms. The minimum Gasteiger partial charge on any atom is -1.00 e. The van der Waals surface area contributed by atoms with E-state index in [1.54, 1.807) is 6.07 Å². The molecule has 0 aliphatic heterocycles. The summed E-state index contributed by atoms with van der Waals surface area (Å²) in [6, 6.07) is 14.9. The van der Waals surface area contributed by atoms with Gasteiger partial charge in [-0.25, -0.2) is 4.98 Å². The number of rotatable bonds is 8. The molecule has 0 aliphatic rings. The Hall–Kier alpha value is -1.56. The fourth-order valence-corrected chi connectivity index (χ4v) is 4.32. The third-order valence-electron chi connectivity index (χ3n) is 5.00. The van der Waals surface area contributed by atoms with Crippen LogP contribution in [0, 0.1) is 0 Å². The van der Waals surface area contributed by atoms with Crippen LogP contribution < -0.4 is 56.7 Å². The zero-order valence-electron chi connectivity index (χ0n) is 20.0. The minimum atomic E-state index is -0.363. The van der Waals surface area contributed by atoms with Crippen LogP contribution in [-0.2, 0) is 16.0 Å². The first kappa shape index (κ1) is 28.7. The van der Waals surface area contributed by atoms with Gasteiger partial charge in [0.2, 0.25) is 0 Å². The van der Waals surface area contributed by atoms with E-state index in [1.807, 2.05) is 54.8 Å². The van der Waals surface area contributed by atoms with Gasteiger partial charge in [0, 0.05) is 32.4 Å². The summed E-state index contributed by atoms with van der Waals surface area (Å²) >= 11 is 7.57. The van der Waals surface area contributed by atoms with Crippen LogP contribution in [0.1, 0.15) is 37.2 Å². The van der Waals surface area contributed by atoms with Crippen molar-refractivity contribution in [3.05, 3.63) is 70.2 Å². The number of benzene rings is 2. The van der Waals surface area contributed by atoms with E-state index < -0.39 is 0 Å². The molecule has 4 N–H and O–H groups in total. The number of halogens is 1. The van der Waals surface area contributed by atoms with Gasteiger partial charge in [-0.3, -0.25) is 14.9 Å². The molecule has 10 heteroatoms. The number of hydrogen-bond acceptors (Lipinski definition) is 5. The Kier molecular flexibility index (Phi) is 11.4. The Morgan fingerprint density at radius 1 is 1.18 bits per heavy atom. The standard InChI is InChI=1S/C24H22ClN3O3S.K.H2O.H/c1-2-3-12-31-21(29)13-17-15-8-5-7-11-19(15)26-22(17)23(30)28-24-27-20(14-32-24)16-9-4-6-10-18(16)25;;;/h4-11,14,26H,2-3,12-13H2,1H3,(H,27,28,30);;1H2;/q;+1;;-1. The maximum Gasteiger partial charge on any atom is 1.00 e. The smallest absolute Gasteiger partial charge is 1.00 e. The Balaban J connectivity index is 0.00000204. The minimum absolute atomic E-state index is 0. The molecule has 0 radical (unpaired) electrons. The average Bonchev–Trinajstić information content (AvgIpc) is 3.39. The number of thiazole rings is 1. The number of carbonyl (C=O) groups excluding carboxylic acids is 2. The molecular weight excluding hydrogens is 501 g/mol. The molecule has 7 nitrogen and oxygen atoms in total. The molecule has 174 valence electrons. The molecule has 0 saturated carbocycles. The number of aromatic nitrogens is 2. The first-order valence-electron chi connectivity index (χ1n) is 10.3. The number of aromatic amines is 1. The summed E-state index contributed by atoms with van der Waals surface area (Å²) in [5, 5.41) is 6.54. The van der Waals surface area contributed by atoms with E-state index in [9.17, 15) is 9.59 Å². The van der Waals surface area contributed by atoms with Crippen LogP contribution in [0.15, 0.2) is 53.9 Å². The summed E-state index contributed by atoms with van der Waals surface area (Å²) in [7, 11) is 0. The van der Waals surface area contributed by atoms with E-state index in [0.29, 0.717) is 33.7 Å². The summed E-state index contributed by atoms with van der Waals surface area (Å²) in [5.74, 6) is -0.717. The fraction of sp³-hybridized carbons (Fsp3) is 0.208. The molecule has 0 atom stereocenters. The van der Waals surface area contributed by atoms with Crippen LogP contribution >= 0.6 is 22.9 Å². The molecule has 0 bridgehead atoms. The number of ether oxygens (including phenoxy) is 1. The van der Waals surface area contributed by atoms with Crippen molar-refractivity contribution < 1.29 is 72.6 Å². The second-order valence-corrected chi connectivity index (χ2v) is 8.51. The predicted octanol–water partition coefficient (Wildman–Crippen LogP) is 2.37. The summed E-state index contributed by atoms with van der Waals surface area (Å²) in [5.41, 5.74) is 3.21. The van der Waals surface area contributed by atoms with E-state index in [2.05, 4.69) is 15.3 Å². The summed E-state index contributed by atoms with van der Waals surface area (Å²) in [6.45, 7) is 2.41. The molecule has 0 aliphatic carbocycles. The Morgan fingerprint density at radius 3 is 2.68 bits per heavy atom. The predicted molar refractivity (Wildman–Crippen MR) is 133 cm³/mol. The number of nitrogens with one attached hydrogen (secondary N) is 2. The third-order valence-corrected chi connectivity index (χ3v) is 6.08. The molecule has 0 spiro atoms. The van der Waals surface area contributed by atoms with Gasteiger partial charge >= 0.3 is 57.4 Å². The molecule has 0 saturated heterocycles. The van der Waals surface area contributed by atoms with Crippen LogP contribution in [0.3, 0.4) is 0 Å². The Labute approximate surface area is 250 Å². The van der Waals surface area contributed by atoms with Gasteiger partial charge in [-0.15, -0.1) is 11.3 Å². The van der Waals surface area contributed by atoms with Crippen molar-refractivity contribution in [1.82, 2.24) is 9.97 Å². The maximum atomic E-state index is 13.1. The number of esters is 1. The van der Waals surface area contributed by atoms with Gasteiger partial charge in [-0.2, -0.15) is 0 Å². The van der Waals surface area contributed by atoms with Crippen molar-refractivity contribution in [1.29, 1.82) is 0 Å². The number of H-pyrrole nitrogens is 1. The van der Waals surface area contributed by atoms with Crippen LogP contribution in [0.25, 0.3) is 22.2 Å². The van der Waals surface area contributed by atoms with Gasteiger partial charge in [0.25, 0.3) is 5.91 Å². The van der Waals surface area contributed by atoms with E-state index in [1.165, 1.54) is 11.3 Å². The SMILES string of the molecule is CCCCOC(=O)Cc1c(C(=O)Nc2nc(-c3ccccc3Cl)cs2)[nH]c2ccccc12.O.[H-].[K+]. The topological polar surface area (TPSA) is 116 Å². The van der Waals surface area contributed by atoms with Gasteiger partial charge in [0.05, 0.1) is 18.7 Å². The van der Waals surface area contributed by atoms with Crippen LogP contribution in [0.5, 0.6) is 0 Å². The first-order chi connectivity index (χ1) is 15.6. The van der Waals surface area contributed by atoms with Crippen molar-refractivity contribution in [2.75, 3.05) is 11.9 Å². The van der Waals surface area contributed by atoms with E-state index in [0.717, 1.165) is 29.3 Å². The molecule has 2 aromatic carbocycles. The summed E-state index contributed by atoms with van der Waals surface area (Å²) < 4.78 is 5.31. The zero-order chi connectivity index (χ0) is 22.5. The largest absolute Gasteiger partial charge is 1.00 e. The van der Waals surface area contributed by atoms with Gasteiger partial charge in [0.15, 0.2) is 5.13 Å². The molecule has 2 heterocycles. The Bertz CT molecular complexity index is 1280. The number of amides is 1. The van der Waals surface area contributed by atoms with Crippen molar-refractivity contribution in [2.45, 2.75) is 26.2 Å². The number of fused-ring (bicyclic) bond motifs is 1. The molecule has 4 rings (SSSR count). The number of carbonyl (C=O) groups is 2. The molecule has 2 aromatic heterocycles. The van der Waals surface area contributed by atoms with Crippen LogP contribution in [0.2, 0.25) is 5.02 Å². The number of hydrogen-bond donors (Lipinski definition) is 2. The van der Waals surface area contributed by atoms with Gasteiger partial charge < -0.3 is 16.6 Å². The second-order valence-electron chi connectivity index (χ2n) is 7.25. The maximum absolute atomic E-state index is 13.1. The summed E-state index contributed by atoms with van der Waals surface area (Å²) in [4.78, 5) is 33.1. The molecule has 1 amide bonds. The fourth-order valence-electron chi connectivity index (χ4n) is 3.39. The molecule has 0 unspecified atom stereocenters. The Morgan fingerprint density at radius 2 is 1.91 bits per heavy atom. The zero-order valence-corrected chi connectivity index (χ0v) is 23.7. The normalized spacial score (nSPS) is 10.3. The van der Waals surface area contributed by atoms with Crippen LogP contribution in [0.4, 0.5) is 5.13 Å². The molecule has 4 aromatic rings. The van der Waals surface area contributed by atoms with Crippen molar-refractivity contribution in [2.24, 2.45) is 0 Å². The monoisotopic (exact) mass is 525 g/mol. The van der Waals surface area contributed by atoms with E-state index in [-0.39, 0.29) is 76.6 Å². The van der Waals surface area contributed by atoms with Crippen molar-refractivity contribution in [3.63, 3.8) is 0 Å². The number of nitrogens with zero attached hydrogens (tertiary/aromatic N) is 1. The quantitative estimate of drug-likeness (QED) is 0.209. The molecule has 0 fully saturated rings.